The molecule has 0 unspecified atom stereocenters. The molecule has 0 atom stereocenters. The van der Waals surface area contributed by atoms with E-state index < -0.39 is 0 Å². The zero-order valence-corrected chi connectivity index (χ0v) is 12.6. The number of carbonyl (C=O) groups excluding carboxylic acids is 1. The summed E-state index contributed by atoms with van der Waals surface area (Å²) in [5.41, 5.74) is 1.09. The second-order valence-corrected chi connectivity index (χ2v) is 5.87. The van der Waals surface area contributed by atoms with E-state index >= 15 is 0 Å². The number of ether oxygens (including phenoxy) is 1. The van der Waals surface area contributed by atoms with Gasteiger partial charge in [0, 0.05) is 12.1 Å². The highest BCUT2D eigenvalue weighted by Crippen LogP contribution is 2.27. The Morgan fingerprint density at radius 2 is 2.00 bits per heavy atom. The lowest BCUT2D eigenvalue weighted by molar-refractivity contribution is -0.122. The number of aryl methyl sites for hydroxylation is 1. The van der Waals surface area contributed by atoms with Crippen molar-refractivity contribution >= 4 is 11.7 Å². The summed E-state index contributed by atoms with van der Waals surface area (Å²) in [5, 5.41) is 2.90. The van der Waals surface area contributed by atoms with Crippen molar-refractivity contribution in [3.05, 3.63) is 23.9 Å². The van der Waals surface area contributed by atoms with E-state index in [2.05, 4.69) is 24.1 Å². The van der Waals surface area contributed by atoms with Gasteiger partial charge in [-0.25, -0.2) is 4.98 Å². The normalized spacial score (nSPS) is 22.8. The molecule has 1 aliphatic rings. The molecule has 4 heteroatoms. The third-order valence-corrected chi connectivity index (χ3v) is 3.67. The van der Waals surface area contributed by atoms with Crippen LogP contribution in [0.15, 0.2) is 18.3 Å². The molecule has 1 aromatic heterocycles. The number of hydrogen-bond acceptors (Lipinski definition) is 3. The topological polar surface area (TPSA) is 51.2 Å². The number of rotatable bonds is 4. The second kappa shape index (κ2) is 6.84. The predicted octanol–water partition coefficient (Wildman–Crippen LogP) is 3.31. The van der Waals surface area contributed by atoms with Gasteiger partial charge in [0.2, 0.25) is 5.91 Å². The van der Waals surface area contributed by atoms with E-state index in [4.69, 9.17) is 4.74 Å². The summed E-state index contributed by atoms with van der Waals surface area (Å²) in [6.45, 7) is 6.10. The number of hydrogen-bond donors (Lipinski definition) is 1. The van der Waals surface area contributed by atoms with Crippen LogP contribution < -0.4 is 5.32 Å². The number of nitrogens with one attached hydrogen (secondary N) is 1. The van der Waals surface area contributed by atoms with Gasteiger partial charge in [0.15, 0.2) is 0 Å². The van der Waals surface area contributed by atoms with Crippen LogP contribution in [0.25, 0.3) is 0 Å². The predicted molar refractivity (Wildman–Crippen MR) is 79.6 cm³/mol. The van der Waals surface area contributed by atoms with Gasteiger partial charge in [-0.1, -0.05) is 6.07 Å². The molecule has 1 heterocycles. The largest absolute Gasteiger partial charge is 0.376 e. The summed E-state index contributed by atoms with van der Waals surface area (Å²) in [6.07, 6.45) is 6.08. The van der Waals surface area contributed by atoms with Crippen LogP contribution in [0, 0.1) is 12.8 Å². The van der Waals surface area contributed by atoms with Gasteiger partial charge in [-0.05, 0) is 58.1 Å². The Bertz CT molecular complexity index is 434. The molecule has 4 nitrogen and oxygen atoms in total. The van der Waals surface area contributed by atoms with Crippen molar-refractivity contribution in [2.24, 2.45) is 5.92 Å². The minimum Gasteiger partial charge on any atom is -0.376 e. The first-order valence-electron chi connectivity index (χ1n) is 7.43. The van der Waals surface area contributed by atoms with E-state index in [1.807, 2.05) is 19.1 Å². The fourth-order valence-electron chi connectivity index (χ4n) is 2.62. The van der Waals surface area contributed by atoms with Crippen LogP contribution in [-0.2, 0) is 9.53 Å². The molecular weight excluding hydrogens is 252 g/mol. The van der Waals surface area contributed by atoms with E-state index in [1.165, 1.54) is 0 Å². The molecule has 0 aromatic carbocycles. The minimum atomic E-state index is 0.0874. The lowest BCUT2D eigenvalue weighted by Crippen LogP contribution is -2.31. The molecule has 110 valence electrons. The fourth-order valence-corrected chi connectivity index (χ4v) is 2.62. The van der Waals surface area contributed by atoms with Crippen LogP contribution in [0.5, 0.6) is 0 Å². The molecule has 1 N–H and O–H groups in total. The molecule has 1 saturated carbocycles. The first-order chi connectivity index (χ1) is 9.54. The summed E-state index contributed by atoms with van der Waals surface area (Å²) >= 11 is 0. The lowest BCUT2D eigenvalue weighted by atomic mass is 9.86. The summed E-state index contributed by atoms with van der Waals surface area (Å²) in [5.74, 6) is 0.815. The Balaban J connectivity index is 1.81. The highest BCUT2D eigenvalue weighted by molar-refractivity contribution is 5.91. The van der Waals surface area contributed by atoms with Crippen molar-refractivity contribution in [1.82, 2.24) is 4.98 Å². The average molecular weight is 276 g/mol. The first-order valence-corrected chi connectivity index (χ1v) is 7.43. The Morgan fingerprint density at radius 1 is 1.30 bits per heavy atom. The summed E-state index contributed by atoms with van der Waals surface area (Å²) < 4.78 is 5.81. The van der Waals surface area contributed by atoms with Crippen molar-refractivity contribution < 1.29 is 9.53 Å². The van der Waals surface area contributed by atoms with Crippen LogP contribution >= 0.6 is 0 Å². The van der Waals surface area contributed by atoms with E-state index in [0.717, 1.165) is 31.2 Å². The van der Waals surface area contributed by atoms with Gasteiger partial charge >= 0.3 is 0 Å². The highest BCUT2D eigenvalue weighted by atomic mass is 16.5. The lowest BCUT2D eigenvalue weighted by Gasteiger charge is -2.29. The summed E-state index contributed by atoms with van der Waals surface area (Å²) in [6, 6.07) is 3.80. The number of carbonyl (C=O) groups is 1. The molecule has 0 spiro atoms. The third kappa shape index (κ3) is 4.30. The van der Waals surface area contributed by atoms with Crippen molar-refractivity contribution in [3.8, 4) is 0 Å². The zero-order valence-electron chi connectivity index (χ0n) is 12.6. The molecular formula is C16H24N2O2. The molecule has 0 radical (unpaired) electrons. The maximum atomic E-state index is 12.2. The van der Waals surface area contributed by atoms with Gasteiger partial charge in [0.1, 0.15) is 5.82 Å². The van der Waals surface area contributed by atoms with Gasteiger partial charge in [-0.15, -0.1) is 0 Å². The minimum absolute atomic E-state index is 0.0874. The van der Waals surface area contributed by atoms with Crippen LogP contribution in [0.1, 0.15) is 45.1 Å². The van der Waals surface area contributed by atoms with E-state index in [-0.39, 0.29) is 17.9 Å². The third-order valence-electron chi connectivity index (χ3n) is 3.67. The van der Waals surface area contributed by atoms with Crippen LogP contribution in [0.2, 0.25) is 0 Å². The zero-order chi connectivity index (χ0) is 14.5. The van der Waals surface area contributed by atoms with Gasteiger partial charge in [0.25, 0.3) is 0 Å². The van der Waals surface area contributed by atoms with Gasteiger partial charge in [-0.3, -0.25) is 4.79 Å². The Hall–Kier alpha value is -1.42. The van der Waals surface area contributed by atoms with Gasteiger partial charge in [0.05, 0.1) is 12.2 Å². The van der Waals surface area contributed by atoms with Crippen LogP contribution in [0.3, 0.4) is 0 Å². The van der Waals surface area contributed by atoms with Crippen molar-refractivity contribution in [3.63, 3.8) is 0 Å². The highest BCUT2D eigenvalue weighted by Gasteiger charge is 2.27. The maximum Gasteiger partial charge on any atom is 0.228 e. The fraction of sp³-hybridized carbons (Fsp3) is 0.625. The molecule has 2 rings (SSSR count). The van der Waals surface area contributed by atoms with E-state index in [1.54, 1.807) is 6.20 Å². The number of nitrogens with zero attached hydrogens (tertiary/aromatic N) is 1. The molecule has 0 bridgehead atoms. The van der Waals surface area contributed by atoms with Crippen LogP contribution in [0.4, 0.5) is 5.82 Å². The van der Waals surface area contributed by atoms with E-state index in [9.17, 15) is 4.79 Å². The molecule has 0 saturated heterocycles. The van der Waals surface area contributed by atoms with Crippen LogP contribution in [-0.4, -0.2) is 23.1 Å². The number of amides is 1. The van der Waals surface area contributed by atoms with Crippen molar-refractivity contribution in [1.29, 1.82) is 0 Å². The Morgan fingerprint density at radius 3 is 2.55 bits per heavy atom. The quantitative estimate of drug-likeness (QED) is 0.918. The van der Waals surface area contributed by atoms with Gasteiger partial charge < -0.3 is 10.1 Å². The molecule has 1 aliphatic carbocycles. The van der Waals surface area contributed by atoms with Crippen molar-refractivity contribution in [2.75, 3.05) is 5.32 Å². The molecule has 1 aromatic rings. The summed E-state index contributed by atoms with van der Waals surface area (Å²) in [7, 11) is 0. The Labute approximate surface area is 120 Å². The standard InChI is InChI=1S/C16H24N2O2/c1-11(2)20-14-7-5-13(6-8-14)16(19)18-15-9-4-12(3)10-17-15/h4,9-11,13-14H,5-8H2,1-3H3,(H,17,18,19). The molecule has 0 aliphatic heterocycles. The van der Waals surface area contributed by atoms with Crippen molar-refractivity contribution in [2.45, 2.75) is 58.7 Å². The number of pyridine rings is 1. The number of aromatic nitrogens is 1. The average Bonchev–Trinajstić information content (AvgIpc) is 2.41. The summed E-state index contributed by atoms with van der Waals surface area (Å²) in [4.78, 5) is 16.4. The van der Waals surface area contributed by atoms with E-state index in [0.29, 0.717) is 11.9 Å². The second-order valence-electron chi connectivity index (χ2n) is 5.87. The SMILES string of the molecule is Cc1ccc(NC(=O)C2CCC(OC(C)C)CC2)nc1. The monoisotopic (exact) mass is 276 g/mol. The molecule has 1 fully saturated rings. The van der Waals surface area contributed by atoms with Gasteiger partial charge in [-0.2, -0.15) is 0 Å². The first kappa shape index (κ1) is 15.0. The maximum absolute atomic E-state index is 12.2. The number of anilines is 1. The molecule has 20 heavy (non-hydrogen) atoms. The Kier molecular flexibility index (Phi) is 5.12. The smallest absolute Gasteiger partial charge is 0.228 e. The molecule has 1 amide bonds.